The van der Waals surface area contributed by atoms with Crippen molar-refractivity contribution in [3.8, 4) is 0 Å². The highest BCUT2D eigenvalue weighted by Gasteiger charge is 2.36. The molecule has 2 rings (SSSR count). The van der Waals surface area contributed by atoms with Crippen molar-refractivity contribution >= 4 is 56.2 Å². The Bertz CT molecular complexity index is 633. The Morgan fingerprint density at radius 2 is 2.05 bits per heavy atom. The predicted octanol–water partition coefficient (Wildman–Crippen LogP) is 2.75. The number of carbonyl (C=O) groups is 1. The lowest BCUT2D eigenvalue weighted by molar-refractivity contribution is -0.116. The maximum absolute atomic E-state index is 12.1. The monoisotopic (exact) mass is 355 g/mol. The van der Waals surface area contributed by atoms with Gasteiger partial charge >= 0.3 is 0 Å². The molecule has 0 unspecified atom stereocenters. The van der Waals surface area contributed by atoms with E-state index in [9.17, 15) is 13.2 Å². The lowest BCUT2D eigenvalue weighted by Crippen LogP contribution is -2.42. The standard InChI is InChI=1S/C12H12Cl3NO3S/c13-6-11(17)16(8-4-5-20(18,19)7-8)10-3-1-2-9(14)12(10)15/h1-3,8H,4-7H2/t8-/m0/s1. The highest BCUT2D eigenvalue weighted by molar-refractivity contribution is 7.91. The number of hydrogen-bond acceptors (Lipinski definition) is 3. The van der Waals surface area contributed by atoms with Crippen LogP contribution in [0.2, 0.25) is 10.0 Å². The summed E-state index contributed by atoms with van der Waals surface area (Å²) < 4.78 is 23.2. The zero-order valence-corrected chi connectivity index (χ0v) is 13.4. The van der Waals surface area contributed by atoms with Crippen LogP contribution in [0.5, 0.6) is 0 Å². The first-order valence-corrected chi connectivity index (χ1v) is 8.99. The summed E-state index contributed by atoms with van der Waals surface area (Å²) in [6.45, 7) is 0. The highest BCUT2D eigenvalue weighted by Crippen LogP contribution is 2.35. The van der Waals surface area contributed by atoms with Crippen molar-refractivity contribution in [1.29, 1.82) is 0 Å². The molecule has 1 fully saturated rings. The molecule has 20 heavy (non-hydrogen) atoms. The molecule has 1 aromatic rings. The van der Waals surface area contributed by atoms with Crippen LogP contribution < -0.4 is 4.90 Å². The molecule has 1 aliphatic heterocycles. The number of carbonyl (C=O) groups excluding carboxylic acids is 1. The number of alkyl halides is 1. The van der Waals surface area contributed by atoms with Crippen molar-refractivity contribution < 1.29 is 13.2 Å². The van der Waals surface area contributed by atoms with E-state index in [-0.39, 0.29) is 22.4 Å². The van der Waals surface area contributed by atoms with E-state index in [0.717, 1.165) is 0 Å². The SMILES string of the molecule is O=C(CCl)N(c1cccc(Cl)c1Cl)[C@H]1CCS(=O)(=O)C1. The van der Waals surface area contributed by atoms with Crippen LogP contribution in [0.4, 0.5) is 5.69 Å². The van der Waals surface area contributed by atoms with Gasteiger partial charge in [-0.05, 0) is 18.6 Å². The Labute approximate surface area is 132 Å². The van der Waals surface area contributed by atoms with Crippen LogP contribution in [-0.4, -0.2) is 37.8 Å². The van der Waals surface area contributed by atoms with Crippen LogP contribution in [-0.2, 0) is 14.6 Å². The van der Waals surface area contributed by atoms with Gasteiger partial charge in [-0.1, -0.05) is 29.3 Å². The maximum Gasteiger partial charge on any atom is 0.242 e. The first kappa shape index (κ1) is 15.9. The van der Waals surface area contributed by atoms with Crippen LogP contribution >= 0.6 is 34.8 Å². The average Bonchev–Trinajstić information content (AvgIpc) is 2.74. The number of sulfone groups is 1. The fourth-order valence-electron chi connectivity index (χ4n) is 2.26. The minimum absolute atomic E-state index is 0.0575. The molecule has 0 bridgehead atoms. The molecule has 1 amide bonds. The van der Waals surface area contributed by atoms with Crippen molar-refractivity contribution in [2.75, 3.05) is 22.3 Å². The fourth-order valence-corrected chi connectivity index (χ4v) is 4.47. The third kappa shape index (κ3) is 3.22. The molecule has 0 N–H and O–H groups in total. The summed E-state index contributed by atoms with van der Waals surface area (Å²) in [7, 11) is -3.13. The van der Waals surface area contributed by atoms with Gasteiger partial charge in [0.25, 0.3) is 0 Å². The Morgan fingerprint density at radius 3 is 2.60 bits per heavy atom. The maximum atomic E-state index is 12.1. The molecule has 8 heteroatoms. The molecule has 1 atom stereocenters. The molecule has 1 heterocycles. The van der Waals surface area contributed by atoms with E-state index in [4.69, 9.17) is 34.8 Å². The van der Waals surface area contributed by atoms with Crippen LogP contribution in [0.1, 0.15) is 6.42 Å². The molecule has 110 valence electrons. The van der Waals surface area contributed by atoms with Gasteiger partial charge in [-0.15, -0.1) is 11.6 Å². The summed E-state index contributed by atoms with van der Waals surface area (Å²) in [5.41, 5.74) is 0.395. The number of benzene rings is 1. The van der Waals surface area contributed by atoms with Crippen LogP contribution in [0.3, 0.4) is 0 Å². The van der Waals surface area contributed by atoms with E-state index < -0.39 is 21.8 Å². The zero-order chi connectivity index (χ0) is 14.9. The number of rotatable bonds is 3. The fraction of sp³-hybridized carbons (Fsp3) is 0.417. The summed E-state index contributed by atoms with van der Waals surface area (Å²) in [5, 5.41) is 0.523. The van der Waals surface area contributed by atoms with Gasteiger partial charge in [0.1, 0.15) is 5.88 Å². The van der Waals surface area contributed by atoms with E-state index >= 15 is 0 Å². The van der Waals surface area contributed by atoms with Gasteiger partial charge in [-0.25, -0.2) is 8.42 Å². The largest absolute Gasteiger partial charge is 0.306 e. The Morgan fingerprint density at radius 1 is 1.35 bits per heavy atom. The first-order valence-electron chi connectivity index (χ1n) is 5.88. The lowest BCUT2D eigenvalue weighted by atomic mass is 10.2. The predicted molar refractivity (Wildman–Crippen MR) is 81.7 cm³/mol. The Balaban J connectivity index is 2.44. The number of nitrogens with zero attached hydrogens (tertiary/aromatic N) is 1. The molecule has 0 aromatic heterocycles. The van der Waals surface area contributed by atoms with E-state index in [1.807, 2.05) is 0 Å². The number of amides is 1. The molecule has 4 nitrogen and oxygen atoms in total. The highest BCUT2D eigenvalue weighted by atomic mass is 35.5. The topological polar surface area (TPSA) is 54.5 Å². The zero-order valence-electron chi connectivity index (χ0n) is 10.4. The van der Waals surface area contributed by atoms with E-state index in [1.54, 1.807) is 18.2 Å². The number of halogens is 3. The van der Waals surface area contributed by atoms with Gasteiger partial charge in [0.15, 0.2) is 9.84 Å². The average molecular weight is 357 g/mol. The van der Waals surface area contributed by atoms with Crippen molar-refractivity contribution in [1.82, 2.24) is 0 Å². The third-order valence-corrected chi connectivity index (χ3v) is 5.94. The third-order valence-electron chi connectivity index (χ3n) is 3.15. The second-order valence-corrected chi connectivity index (χ2v) is 7.81. The van der Waals surface area contributed by atoms with Crippen molar-refractivity contribution in [2.45, 2.75) is 12.5 Å². The van der Waals surface area contributed by atoms with Crippen LogP contribution in [0.15, 0.2) is 18.2 Å². The molecule has 0 spiro atoms. The van der Waals surface area contributed by atoms with Crippen molar-refractivity contribution in [3.05, 3.63) is 28.2 Å². The van der Waals surface area contributed by atoms with Gasteiger partial charge in [-0.2, -0.15) is 0 Å². The second-order valence-electron chi connectivity index (χ2n) is 4.53. The summed E-state index contributed by atoms with van der Waals surface area (Å²) in [6, 6.07) is 4.43. The van der Waals surface area contributed by atoms with Gasteiger partial charge in [0.2, 0.25) is 5.91 Å². The summed E-state index contributed by atoms with van der Waals surface area (Å²) in [5.74, 6) is -0.669. The van der Waals surface area contributed by atoms with E-state index in [1.165, 1.54) is 4.90 Å². The number of hydrogen-bond donors (Lipinski definition) is 0. The van der Waals surface area contributed by atoms with Gasteiger partial charge in [-0.3, -0.25) is 4.79 Å². The Kier molecular flexibility index (Phi) is 4.84. The summed E-state index contributed by atoms with van der Waals surface area (Å²) in [6.07, 6.45) is 0.369. The van der Waals surface area contributed by atoms with Crippen LogP contribution in [0, 0.1) is 0 Å². The van der Waals surface area contributed by atoms with E-state index in [2.05, 4.69) is 0 Å². The van der Waals surface area contributed by atoms with E-state index in [0.29, 0.717) is 17.1 Å². The molecule has 0 aliphatic carbocycles. The lowest BCUT2D eigenvalue weighted by Gasteiger charge is -2.28. The first-order chi connectivity index (χ1) is 9.35. The van der Waals surface area contributed by atoms with Gasteiger partial charge in [0, 0.05) is 0 Å². The normalized spacial score (nSPS) is 20.9. The van der Waals surface area contributed by atoms with Crippen molar-refractivity contribution in [2.24, 2.45) is 0 Å². The van der Waals surface area contributed by atoms with Crippen LogP contribution in [0.25, 0.3) is 0 Å². The van der Waals surface area contributed by atoms with Gasteiger partial charge < -0.3 is 4.90 Å². The van der Waals surface area contributed by atoms with Crippen molar-refractivity contribution in [3.63, 3.8) is 0 Å². The Hall–Kier alpha value is -0.490. The smallest absolute Gasteiger partial charge is 0.242 e. The molecule has 1 aromatic carbocycles. The quantitative estimate of drug-likeness (QED) is 0.783. The minimum Gasteiger partial charge on any atom is -0.306 e. The molecule has 0 radical (unpaired) electrons. The van der Waals surface area contributed by atoms with Gasteiger partial charge in [0.05, 0.1) is 33.3 Å². The summed E-state index contributed by atoms with van der Waals surface area (Å²) in [4.78, 5) is 13.4. The number of anilines is 1. The molecule has 0 saturated carbocycles. The molecule has 1 saturated heterocycles. The molecule has 1 aliphatic rings. The molecular formula is C12H12Cl3NO3S. The summed E-state index contributed by atoms with van der Waals surface area (Å²) >= 11 is 17.7. The second kappa shape index (κ2) is 6.10. The molecular weight excluding hydrogens is 345 g/mol. The minimum atomic E-state index is -3.13.